The van der Waals surface area contributed by atoms with Crippen molar-refractivity contribution in [1.29, 1.82) is 0 Å². The fourth-order valence-corrected chi connectivity index (χ4v) is 2.42. The minimum absolute atomic E-state index is 0.124. The van der Waals surface area contributed by atoms with E-state index in [2.05, 4.69) is 18.8 Å². The van der Waals surface area contributed by atoms with E-state index in [1.165, 1.54) is 12.1 Å². The maximum absolute atomic E-state index is 13.8. The van der Waals surface area contributed by atoms with Gasteiger partial charge < -0.3 is 10.0 Å². The number of amides is 1. The van der Waals surface area contributed by atoms with Crippen molar-refractivity contribution < 1.29 is 14.3 Å². The van der Waals surface area contributed by atoms with Gasteiger partial charge in [-0.15, -0.1) is 0 Å². The van der Waals surface area contributed by atoms with Crippen molar-refractivity contribution in [2.24, 2.45) is 5.92 Å². The number of aliphatic hydroxyl groups is 1. The number of aliphatic hydroxyl groups excluding tert-OH is 1. The van der Waals surface area contributed by atoms with Crippen LogP contribution in [0.2, 0.25) is 0 Å². The number of halogens is 1. The van der Waals surface area contributed by atoms with Gasteiger partial charge in [-0.2, -0.15) is 0 Å². The molecule has 3 nitrogen and oxygen atoms in total. The van der Waals surface area contributed by atoms with Crippen molar-refractivity contribution >= 4 is 5.91 Å². The van der Waals surface area contributed by atoms with Gasteiger partial charge in [0.1, 0.15) is 12.4 Å². The van der Waals surface area contributed by atoms with Crippen molar-refractivity contribution in [2.75, 3.05) is 19.7 Å². The predicted octanol–water partition coefficient (Wildman–Crippen LogP) is 2.04. The molecular weight excluding hydrogens is 257 g/mol. The highest BCUT2D eigenvalue weighted by Crippen LogP contribution is 2.21. The normalized spacial score (nSPS) is 17.8. The average Bonchev–Trinajstić information content (AvgIpc) is 2.94. The molecule has 0 aromatic heterocycles. The van der Waals surface area contributed by atoms with E-state index in [9.17, 15) is 9.18 Å². The van der Waals surface area contributed by atoms with E-state index in [0.717, 1.165) is 25.9 Å². The summed E-state index contributed by atoms with van der Waals surface area (Å²) >= 11 is 0. The van der Waals surface area contributed by atoms with E-state index in [0.29, 0.717) is 11.5 Å². The third-order valence-corrected chi connectivity index (χ3v) is 3.67. The van der Waals surface area contributed by atoms with Crippen LogP contribution < -0.4 is 0 Å². The first-order valence-electron chi connectivity index (χ1n) is 6.84. The van der Waals surface area contributed by atoms with Crippen LogP contribution in [-0.2, 0) is 0 Å². The monoisotopic (exact) mass is 275 g/mol. The van der Waals surface area contributed by atoms with Crippen LogP contribution in [0.15, 0.2) is 18.2 Å². The SMILES string of the molecule is CCC1CCN(C(=O)c2ccc(C#CCO)c(F)c2)C1. The van der Waals surface area contributed by atoms with E-state index < -0.39 is 5.82 Å². The first-order chi connectivity index (χ1) is 9.65. The third kappa shape index (κ3) is 3.17. The number of hydrogen-bond acceptors (Lipinski definition) is 2. The number of carbonyl (C=O) groups excluding carboxylic acids is 1. The van der Waals surface area contributed by atoms with Crippen molar-refractivity contribution in [3.05, 3.63) is 35.1 Å². The summed E-state index contributed by atoms with van der Waals surface area (Å²) in [7, 11) is 0. The average molecular weight is 275 g/mol. The van der Waals surface area contributed by atoms with Crippen molar-refractivity contribution in [3.63, 3.8) is 0 Å². The van der Waals surface area contributed by atoms with E-state index >= 15 is 0 Å². The lowest BCUT2D eigenvalue weighted by atomic mass is 10.1. The Morgan fingerprint density at radius 1 is 1.55 bits per heavy atom. The van der Waals surface area contributed by atoms with Gasteiger partial charge in [-0.05, 0) is 30.5 Å². The minimum Gasteiger partial charge on any atom is -0.384 e. The van der Waals surface area contributed by atoms with Gasteiger partial charge in [0.05, 0.1) is 5.56 Å². The Labute approximate surface area is 118 Å². The van der Waals surface area contributed by atoms with Crippen LogP contribution in [0.5, 0.6) is 0 Å². The van der Waals surface area contributed by atoms with Crippen molar-refractivity contribution in [3.8, 4) is 11.8 Å². The summed E-state index contributed by atoms with van der Waals surface area (Å²) in [5.74, 6) is 4.81. The predicted molar refractivity (Wildman–Crippen MR) is 74.7 cm³/mol. The van der Waals surface area contributed by atoms with Crippen LogP contribution >= 0.6 is 0 Å². The summed E-state index contributed by atoms with van der Waals surface area (Å²) in [5.41, 5.74) is 0.553. The van der Waals surface area contributed by atoms with Gasteiger partial charge >= 0.3 is 0 Å². The topological polar surface area (TPSA) is 40.5 Å². The van der Waals surface area contributed by atoms with Crippen LogP contribution in [-0.4, -0.2) is 35.6 Å². The van der Waals surface area contributed by atoms with Crippen molar-refractivity contribution in [1.82, 2.24) is 4.90 Å². The van der Waals surface area contributed by atoms with Gasteiger partial charge in [0, 0.05) is 18.7 Å². The summed E-state index contributed by atoms with van der Waals surface area (Å²) in [6.45, 7) is 3.30. The number of carbonyl (C=O) groups is 1. The fraction of sp³-hybridized carbons (Fsp3) is 0.438. The molecule has 2 rings (SSSR count). The Morgan fingerprint density at radius 3 is 2.95 bits per heavy atom. The molecule has 0 saturated carbocycles. The Bertz CT molecular complexity index is 559. The Balaban J connectivity index is 2.13. The van der Waals surface area contributed by atoms with Crippen molar-refractivity contribution in [2.45, 2.75) is 19.8 Å². The van der Waals surface area contributed by atoms with E-state index in [4.69, 9.17) is 5.11 Å². The zero-order valence-corrected chi connectivity index (χ0v) is 11.5. The first kappa shape index (κ1) is 14.5. The number of rotatable bonds is 2. The zero-order valence-electron chi connectivity index (χ0n) is 11.5. The second-order valence-corrected chi connectivity index (χ2v) is 4.97. The number of likely N-dealkylation sites (tertiary alicyclic amines) is 1. The summed E-state index contributed by atoms with van der Waals surface area (Å²) in [6.07, 6.45) is 2.08. The molecule has 0 spiro atoms. The molecule has 1 aromatic carbocycles. The third-order valence-electron chi connectivity index (χ3n) is 3.67. The molecule has 1 saturated heterocycles. The lowest BCUT2D eigenvalue weighted by molar-refractivity contribution is 0.0786. The minimum atomic E-state index is -0.525. The highest BCUT2D eigenvalue weighted by atomic mass is 19.1. The molecule has 1 aliphatic rings. The molecule has 0 bridgehead atoms. The Hall–Kier alpha value is -1.86. The molecule has 0 radical (unpaired) electrons. The molecular formula is C16H18FNO2. The lowest BCUT2D eigenvalue weighted by Crippen LogP contribution is -2.28. The summed E-state index contributed by atoms with van der Waals surface area (Å²) < 4.78 is 13.8. The maximum atomic E-state index is 13.8. The largest absolute Gasteiger partial charge is 0.384 e. The highest BCUT2D eigenvalue weighted by Gasteiger charge is 2.26. The van der Waals surface area contributed by atoms with Crippen LogP contribution in [0.3, 0.4) is 0 Å². The summed E-state index contributed by atoms with van der Waals surface area (Å²) in [4.78, 5) is 14.0. The molecule has 1 atom stereocenters. The van der Waals surface area contributed by atoms with Gasteiger partial charge in [-0.25, -0.2) is 4.39 Å². The molecule has 1 amide bonds. The van der Waals surface area contributed by atoms with Gasteiger partial charge in [0.15, 0.2) is 0 Å². The molecule has 20 heavy (non-hydrogen) atoms. The standard InChI is InChI=1S/C16H18FNO2/c1-2-12-7-8-18(11-12)16(20)14-6-5-13(4-3-9-19)15(17)10-14/h5-6,10,12,19H,2,7-9,11H2,1H3. The smallest absolute Gasteiger partial charge is 0.253 e. The van der Waals surface area contributed by atoms with Crippen LogP contribution in [0.1, 0.15) is 35.7 Å². The molecule has 0 aliphatic carbocycles. The van der Waals surface area contributed by atoms with E-state index in [1.54, 1.807) is 11.0 Å². The molecule has 1 heterocycles. The number of benzene rings is 1. The van der Waals surface area contributed by atoms with Crippen LogP contribution in [0, 0.1) is 23.6 Å². The van der Waals surface area contributed by atoms with Crippen LogP contribution in [0.4, 0.5) is 4.39 Å². The number of hydrogen-bond donors (Lipinski definition) is 1. The quantitative estimate of drug-likeness (QED) is 0.839. The highest BCUT2D eigenvalue weighted by molar-refractivity contribution is 5.94. The molecule has 4 heteroatoms. The van der Waals surface area contributed by atoms with Gasteiger partial charge in [-0.3, -0.25) is 4.79 Å². The zero-order chi connectivity index (χ0) is 14.5. The van der Waals surface area contributed by atoms with Crippen LogP contribution in [0.25, 0.3) is 0 Å². The Morgan fingerprint density at radius 2 is 2.35 bits per heavy atom. The second kappa shape index (κ2) is 6.53. The van der Waals surface area contributed by atoms with E-state index in [1.807, 2.05) is 0 Å². The summed E-state index contributed by atoms with van der Waals surface area (Å²) in [6, 6.07) is 4.30. The molecule has 1 unspecified atom stereocenters. The second-order valence-electron chi connectivity index (χ2n) is 4.97. The maximum Gasteiger partial charge on any atom is 0.253 e. The molecule has 1 aromatic rings. The first-order valence-corrected chi connectivity index (χ1v) is 6.84. The fourth-order valence-electron chi connectivity index (χ4n) is 2.42. The number of nitrogens with zero attached hydrogens (tertiary/aromatic N) is 1. The summed E-state index contributed by atoms with van der Waals surface area (Å²) in [5, 5.41) is 8.60. The van der Waals surface area contributed by atoms with Gasteiger partial charge in [-0.1, -0.05) is 25.2 Å². The Kier molecular flexibility index (Phi) is 4.75. The van der Waals surface area contributed by atoms with Gasteiger partial charge in [0.25, 0.3) is 5.91 Å². The molecule has 106 valence electrons. The van der Waals surface area contributed by atoms with E-state index in [-0.39, 0.29) is 18.1 Å². The molecule has 1 N–H and O–H groups in total. The van der Waals surface area contributed by atoms with Gasteiger partial charge in [0.2, 0.25) is 0 Å². The molecule has 1 aliphatic heterocycles. The lowest BCUT2D eigenvalue weighted by Gasteiger charge is -2.16. The molecule has 1 fully saturated rings.